The van der Waals surface area contributed by atoms with Gasteiger partial charge < -0.3 is 4.57 Å². The van der Waals surface area contributed by atoms with Crippen molar-refractivity contribution in [2.24, 2.45) is 0 Å². The standard InChI is InChI=1S/C47H30N4S/c1-3-9-34(10-4-1)44-39-19-20-43-45(47(39)52-46(44)35-11-5-2-6-12-35)38-13-7-8-14-42(38)51(43)37-17-15-32(16-18-37)40-29-36(31-21-25-48-26-22-31)30-41(50-40)33-23-27-49-28-24-33/h1-30H. The van der Waals surface area contributed by atoms with Gasteiger partial charge in [-0.2, -0.15) is 0 Å². The fraction of sp³-hybridized carbons (Fsp3) is 0. The quantitative estimate of drug-likeness (QED) is 0.175. The summed E-state index contributed by atoms with van der Waals surface area (Å²) in [6.07, 6.45) is 7.28. The number of pyridine rings is 3. The Kier molecular flexibility index (Phi) is 7.29. The van der Waals surface area contributed by atoms with Gasteiger partial charge in [0.2, 0.25) is 0 Å². The van der Waals surface area contributed by atoms with Gasteiger partial charge in [0.15, 0.2) is 0 Å². The minimum atomic E-state index is 0.905. The summed E-state index contributed by atoms with van der Waals surface area (Å²) in [6.45, 7) is 0. The molecule has 52 heavy (non-hydrogen) atoms. The number of para-hydroxylation sites is 1. The van der Waals surface area contributed by atoms with E-state index >= 15 is 0 Å². The van der Waals surface area contributed by atoms with Gasteiger partial charge in [0.25, 0.3) is 0 Å². The van der Waals surface area contributed by atoms with Crippen LogP contribution in [0.15, 0.2) is 183 Å². The molecule has 0 aliphatic carbocycles. The van der Waals surface area contributed by atoms with E-state index in [1.165, 1.54) is 53.5 Å². The number of aromatic nitrogens is 4. The van der Waals surface area contributed by atoms with E-state index in [0.29, 0.717) is 0 Å². The molecule has 0 N–H and O–H groups in total. The SMILES string of the molecule is c1ccc(-c2sc3c(ccc4c3c3ccccc3n4-c3ccc(-c4cc(-c5ccncc5)cc(-c5ccncc5)n4)cc3)c2-c2ccccc2)cc1. The second-order valence-electron chi connectivity index (χ2n) is 12.9. The van der Waals surface area contributed by atoms with Crippen LogP contribution in [-0.4, -0.2) is 19.5 Å². The summed E-state index contributed by atoms with van der Waals surface area (Å²) in [7, 11) is 0. The average molecular weight is 683 g/mol. The Morgan fingerprint density at radius 3 is 1.71 bits per heavy atom. The molecule has 0 spiro atoms. The molecule has 244 valence electrons. The maximum atomic E-state index is 5.14. The molecule has 0 atom stereocenters. The van der Waals surface area contributed by atoms with Gasteiger partial charge in [-0.1, -0.05) is 97.1 Å². The molecule has 0 radical (unpaired) electrons. The van der Waals surface area contributed by atoms with Gasteiger partial charge in [-0.3, -0.25) is 9.97 Å². The highest BCUT2D eigenvalue weighted by atomic mass is 32.1. The molecule has 0 amide bonds. The Bertz CT molecular complexity index is 2800. The largest absolute Gasteiger partial charge is 0.309 e. The van der Waals surface area contributed by atoms with E-state index in [0.717, 1.165) is 39.3 Å². The second kappa shape index (κ2) is 12.6. The third-order valence-electron chi connectivity index (χ3n) is 9.83. The van der Waals surface area contributed by atoms with Crippen LogP contribution in [0, 0.1) is 0 Å². The maximum absolute atomic E-state index is 5.14. The van der Waals surface area contributed by atoms with E-state index in [4.69, 9.17) is 4.98 Å². The molecule has 5 heteroatoms. The summed E-state index contributed by atoms with van der Waals surface area (Å²) in [6, 6.07) is 56.2. The smallest absolute Gasteiger partial charge is 0.0716 e. The summed E-state index contributed by atoms with van der Waals surface area (Å²) >= 11 is 1.89. The van der Waals surface area contributed by atoms with Gasteiger partial charge in [0, 0.05) is 72.9 Å². The number of thiophene rings is 1. The van der Waals surface area contributed by atoms with Gasteiger partial charge in [-0.25, -0.2) is 4.98 Å². The van der Waals surface area contributed by atoms with Crippen LogP contribution in [0.1, 0.15) is 0 Å². The highest BCUT2D eigenvalue weighted by Crippen LogP contribution is 2.49. The van der Waals surface area contributed by atoms with E-state index in [-0.39, 0.29) is 0 Å². The van der Waals surface area contributed by atoms with Crippen LogP contribution in [0.3, 0.4) is 0 Å². The summed E-state index contributed by atoms with van der Waals surface area (Å²) < 4.78 is 3.71. The van der Waals surface area contributed by atoms with Crippen LogP contribution < -0.4 is 0 Å². The summed E-state index contributed by atoms with van der Waals surface area (Å²) in [5.41, 5.74) is 13.3. The summed E-state index contributed by atoms with van der Waals surface area (Å²) in [5.74, 6) is 0. The molecule has 10 rings (SSSR count). The van der Waals surface area contributed by atoms with Crippen LogP contribution in [0.2, 0.25) is 0 Å². The van der Waals surface area contributed by atoms with E-state index in [2.05, 4.69) is 148 Å². The van der Waals surface area contributed by atoms with Gasteiger partial charge in [-0.15, -0.1) is 11.3 Å². The first kappa shape index (κ1) is 30.2. The molecule has 5 heterocycles. The van der Waals surface area contributed by atoms with Crippen LogP contribution in [0.25, 0.3) is 92.8 Å². The van der Waals surface area contributed by atoms with Gasteiger partial charge in [0.05, 0.1) is 22.4 Å². The molecule has 0 saturated carbocycles. The van der Waals surface area contributed by atoms with Gasteiger partial charge in [-0.05, 0) is 82.9 Å². The Balaban J connectivity index is 1.15. The topological polar surface area (TPSA) is 43.6 Å². The van der Waals surface area contributed by atoms with Crippen LogP contribution in [0.4, 0.5) is 0 Å². The lowest BCUT2D eigenvalue weighted by atomic mass is 9.98. The van der Waals surface area contributed by atoms with Gasteiger partial charge in [0.1, 0.15) is 0 Å². The van der Waals surface area contributed by atoms with Crippen molar-refractivity contribution in [3.8, 4) is 60.9 Å². The highest BCUT2D eigenvalue weighted by Gasteiger charge is 2.21. The Morgan fingerprint density at radius 1 is 0.423 bits per heavy atom. The van der Waals surface area contributed by atoms with Crippen molar-refractivity contribution >= 4 is 43.2 Å². The van der Waals surface area contributed by atoms with Crippen molar-refractivity contribution in [3.05, 3.63) is 183 Å². The summed E-state index contributed by atoms with van der Waals surface area (Å²) in [5, 5.41) is 3.82. The van der Waals surface area contributed by atoms with Crippen molar-refractivity contribution in [1.82, 2.24) is 19.5 Å². The van der Waals surface area contributed by atoms with Crippen molar-refractivity contribution in [3.63, 3.8) is 0 Å². The van der Waals surface area contributed by atoms with Gasteiger partial charge >= 0.3 is 0 Å². The lowest BCUT2D eigenvalue weighted by Gasteiger charge is -2.12. The molecule has 0 aliphatic heterocycles. The number of rotatable bonds is 6. The number of hydrogen-bond acceptors (Lipinski definition) is 4. The fourth-order valence-electron chi connectivity index (χ4n) is 7.41. The second-order valence-corrected chi connectivity index (χ2v) is 13.9. The van der Waals surface area contributed by atoms with Crippen molar-refractivity contribution < 1.29 is 0 Å². The first-order valence-electron chi connectivity index (χ1n) is 17.3. The van der Waals surface area contributed by atoms with E-state index < -0.39 is 0 Å². The molecule has 0 fully saturated rings. The monoisotopic (exact) mass is 682 g/mol. The average Bonchev–Trinajstić information content (AvgIpc) is 3.78. The predicted octanol–water partition coefficient (Wildman–Crippen LogP) is 12.5. The molecule has 10 aromatic rings. The first-order chi connectivity index (χ1) is 25.8. The normalized spacial score (nSPS) is 11.5. The maximum Gasteiger partial charge on any atom is 0.0716 e. The van der Waals surface area contributed by atoms with Crippen molar-refractivity contribution in [1.29, 1.82) is 0 Å². The molecule has 0 saturated heterocycles. The molecule has 5 aromatic heterocycles. The Hall–Kier alpha value is -6.69. The zero-order chi connectivity index (χ0) is 34.4. The lowest BCUT2D eigenvalue weighted by molar-refractivity contribution is 1.18. The van der Waals surface area contributed by atoms with Crippen molar-refractivity contribution in [2.45, 2.75) is 0 Å². The molecule has 0 aliphatic rings. The summed E-state index contributed by atoms with van der Waals surface area (Å²) in [4.78, 5) is 14.9. The zero-order valence-electron chi connectivity index (χ0n) is 28.0. The van der Waals surface area contributed by atoms with Crippen LogP contribution in [0.5, 0.6) is 0 Å². The lowest BCUT2D eigenvalue weighted by Crippen LogP contribution is -1.95. The predicted molar refractivity (Wildman–Crippen MR) is 217 cm³/mol. The van der Waals surface area contributed by atoms with E-state index in [9.17, 15) is 0 Å². The third-order valence-corrected chi connectivity index (χ3v) is 11.1. The molecular weight excluding hydrogens is 653 g/mol. The number of nitrogens with zero attached hydrogens (tertiary/aromatic N) is 4. The first-order valence-corrected chi connectivity index (χ1v) is 18.1. The minimum absolute atomic E-state index is 0.905. The van der Waals surface area contributed by atoms with Crippen molar-refractivity contribution in [2.75, 3.05) is 0 Å². The molecule has 4 nitrogen and oxygen atoms in total. The number of hydrogen-bond donors (Lipinski definition) is 0. The molecule has 5 aromatic carbocycles. The van der Waals surface area contributed by atoms with E-state index in [1.54, 1.807) is 0 Å². The number of fused-ring (bicyclic) bond motifs is 5. The highest BCUT2D eigenvalue weighted by molar-refractivity contribution is 7.24. The molecule has 0 unspecified atom stereocenters. The Morgan fingerprint density at radius 2 is 1.02 bits per heavy atom. The number of benzene rings is 5. The van der Waals surface area contributed by atoms with E-state index in [1.807, 2.05) is 60.4 Å². The van der Waals surface area contributed by atoms with Crippen LogP contribution in [-0.2, 0) is 0 Å². The third kappa shape index (κ3) is 5.10. The molecule has 0 bridgehead atoms. The zero-order valence-corrected chi connectivity index (χ0v) is 28.8. The minimum Gasteiger partial charge on any atom is -0.309 e. The van der Waals surface area contributed by atoms with Crippen LogP contribution >= 0.6 is 11.3 Å². The fourth-order valence-corrected chi connectivity index (χ4v) is 8.80. The Labute approximate surface area is 305 Å². The molecular formula is C47H30N4S.